The number of rotatable bonds is 4. The smallest absolute Gasteiger partial charge is 0.122 e. The van der Waals surface area contributed by atoms with E-state index in [1.165, 1.54) is 5.56 Å². The number of anilines is 1. The fraction of sp³-hybridized carbons (Fsp3) is 0.308. The second-order valence-electron chi connectivity index (χ2n) is 3.91. The first-order valence-corrected chi connectivity index (χ1v) is 5.78. The van der Waals surface area contributed by atoms with Crippen molar-refractivity contribution >= 4 is 5.82 Å². The molecule has 1 heterocycles. The molecule has 0 amide bonds. The Bertz CT molecular complexity index is 505. The Morgan fingerprint density at radius 3 is 2.82 bits per heavy atom. The highest BCUT2D eigenvalue weighted by molar-refractivity contribution is 5.66. The van der Waals surface area contributed by atoms with Gasteiger partial charge in [0, 0.05) is 11.6 Å². The van der Waals surface area contributed by atoms with Crippen molar-refractivity contribution in [1.82, 2.24) is 9.78 Å². The van der Waals surface area contributed by atoms with Gasteiger partial charge in [0.1, 0.15) is 5.82 Å². The number of aryl methyl sites for hydroxylation is 1. The molecule has 0 aliphatic carbocycles. The number of aliphatic hydroxyl groups excluding tert-OH is 1. The molecule has 0 saturated carbocycles. The molecular formula is C13H17N3O. The molecule has 0 fully saturated rings. The van der Waals surface area contributed by atoms with Gasteiger partial charge in [0.25, 0.3) is 0 Å². The second-order valence-corrected chi connectivity index (χ2v) is 3.91. The predicted octanol–water partition coefficient (Wildman–Crippen LogP) is 1.69. The van der Waals surface area contributed by atoms with Crippen LogP contribution >= 0.6 is 0 Å². The van der Waals surface area contributed by atoms with Crippen LogP contribution in [-0.2, 0) is 13.0 Å². The molecule has 0 spiro atoms. The minimum atomic E-state index is 0.0424. The average Bonchev–Trinajstić information content (AvgIpc) is 2.71. The zero-order valence-corrected chi connectivity index (χ0v) is 9.93. The van der Waals surface area contributed by atoms with Crippen molar-refractivity contribution in [2.75, 3.05) is 12.3 Å². The third-order valence-electron chi connectivity index (χ3n) is 2.80. The molecule has 90 valence electrons. The number of nitrogen functional groups attached to an aromatic ring is 1. The highest BCUT2D eigenvalue weighted by Gasteiger charge is 2.09. The molecule has 0 bridgehead atoms. The van der Waals surface area contributed by atoms with E-state index in [0.717, 1.165) is 17.7 Å². The zero-order valence-electron chi connectivity index (χ0n) is 9.93. The number of aromatic nitrogens is 2. The lowest BCUT2D eigenvalue weighted by atomic mass is 10.0. The highest BCUT2D eigenvalue weighted by atomic mass is 16.3. The molecule has 0 radical (unpaired) electrons. The van der Waals surface area contributed by atoms with Crippen LogP contribution in [0.3, 0.4) is 0 Å². The highest BCUT2D eigenvalue weighted by Crippen LogP contribution is 2.24. The number of aliphatic hydroxyl groups is 1. The van der Waals surface area contributed by atoms with Crippen molar-refractivity contribution in [2.45, 2.75) is 19.9 Å². The first-order valence-electron chi connectivity index (χ1n) is 5.78. The number of hydrogen-bond acceptors (Lipinski definition) is 3. The van der Waals surface area contributed by atoms with E-state index in [-0.39, 0.29) is 6.61 Å². The number of benzene rings is 1. The van der Waals surface area contributed by atoms with Crippen LogP contribution in [0.5, 0.6) is 0 Å². The molecule has 0 atom stereocenters. The van der Waals surface area contributed by atoms with Gasteiger partial charge in [-0.25, -0.2) is 4.68 Å². The number of nitrogens with zero attached hydrogens (tertiary/aromatic N) is 2. The summed E-state index contributed by atoms with van der Waals surface area (Å²) >= 11 is 0. The largest absolute Gasteiger partial charge is 0.394 e. The molecule has 1 aromatic heterocycles. The Balaban J connectivity index is 2.42. The summed E-state index contributed by atoms with van der Waals surface area (Å²) in [5, 5.41) is 13.3. The minimum Gasteiger partial charge on any atom is -0.394 e. The maximum absolute atomic E-state index is 8.91. The molecule has 0 aliphatic heterocycles. The standard InChI is InChI=1S/C13H17N3O/c1-2-10-5-3-4-6-11(10)12-9-13(14)16(15-12)7-8-17/h3-6,9,17H,2,7-8,14H2,1H3. The van der Waals surface area contributed by atoms with Crippen LogP contribution in [0.1, 0.15) is 12.5 Å². The maximum Gasteiger partial charge on any atom is 0.122 e. The Labute approximate surface area is 101 Å². The quantitative estimate of drug-likeness (QED) is 0.841. The predicted molar refractivity (Wildman–Crippen MR) is 68.5 cm³/mol. The molecular weight excluding hydrogens is 214 g/mol. The summed E-state index contributed by atoms with van der Waals surface area (Å²) in [5.74, 6) is 0.583. The van der Waals surface area contributed by atoms with Crippen molar-refractivity contribution in [3.63, 3.8) is 0 Å². The van der Waals surface area contributed by atoms with Crippen molar-refractivity contribution in [1.29, 1.82) is 0 Å². The van der Waals surface area contributed by atoms with E-state index >= 15 is 0 Å². The Morgan fingerprint density at radius 1 is 1.35 bits per heavy atom. The summed E-state index contributed by atoms with van der Waals surface area (Å²) in [5.41, 5.74) is 9.08. The molecule has 0 unspecified atom stereocenters. The van der Waals surface area contributed by atoms with Gasteiger partial charge in [-0.3, -0.25) is 0 Å². The molecule has 3 N–H and O–H groups in total. The summed E-state index contributed by atoms with van der Waals surface area (Å²) in [4.78, 5) is 0. The number of hydrogen-bond donors (Lipinski definition) is 2. The minimum absolute atomic E-state index is 0.0424. The van der Waals surface area contributed by atoms with E-state index in [1.54, 1.807) is 4.68 Å². The fourth-order valence-corrected chi connectivity index (χ4v) is 1.92. The van der Waals surface area contributed by atoms with Crippen LogP contribution in [0.15, 0.2) is 30.3 Å². The van der Waals surface area contributed by atoms with E-state index in [9.17, 15) is 0 Å². The molecule has 2 rings (SSSR count). The van der Waals surface area contributed by atoms with Crippen LogP contribution in [0, 0.1) is 0 Å². The zero-order chi connectivity index (χ0) is 12.3. The average molecular weight is 231 g/mol. The van der Waals surface area contributed by atoms with Gasteiger partial charge in [-0.2, -0.15) is 5.10 Å². The summed E-state index contributed by atoms with van der Waals surface area (Å²) in [6.45, 7) is 2.59. The monoisotopic (exact) mass is 231 g/mol. The molecule has 4 nitrogen and oxygen atoms in total. The summed E-state index contributed by atoms with van der Waals surface area (Å²) in [7, 11) is 0. The summed E-state index contributed by atoms with van der Waals surface area (Å²) in [6, 6.07) is 10.0. The molecule has 2 aromatic rings. The van der Waals surface area contributed by atoms with Gasteiger partial charge in [-0.15, -0.1) is 0 Å². The Kier molecular flexibility index (Phi) is 3.44. The molecule has 17 heavy (non-hydrogen) atoms. The van der Waals surface area contributed by atoms with Gasteiger partial charge < -0.3 is 10.8 Å². The lowest BCUT2D eigenvalue weighted by molar-refractivity contribution is 0.270. The summed E-state index contributed by atoms with van der Waals surface area (Å²) < 4.78 is 1.63. The maximum atomic E-state index is 8.91. The molecule has 0 aliphatic rings. The van der Waals surface area contributed by atoms with E-state index in [4.69, 9.17) is 10.8 Å². The van der Waals surface area contributed by atoms with Crippen molar-refractivity contribution in [3.05, 3.63) is 35.9 Å². The van der Waals surface area contributed by atoms with Crippen molar-refractivity contribution in [2.24, 2.45) is 0 Å². The number of nitrogens with two attached hydrogens (primary N) is 1. The molecule has 4 heteroatoms. The van der Waals surface area contributed by atoms with E-state index in [1.807, 2.05) is 24.3 Å². The van der Waals surface area contributed by atoms with Gasteiger partial charge in [-0.05, 0) is 12.0 Å². The molecule has 0 saturated heterocycles. The van der Waals surface area contributed by atoms with E-state index < -0.39 is 0 Å². The van der Waals surface area contributed by atoms with Crippen molar-refractivity contribution in [3.8, 4) is 11.3 Å². The second kappa shape index (κ2) is 5.01. The third kappa shape index (κ3) is 2.31. The van der Waals surface area contributed by atoms with Crippen molar-refractivity contribution < 1.29 is 5.11 Å². The van der Waals surface area contributed by atoms with Crippen LogP contribution in [0.4, 0.5) is 5.82 Å². The SMILES string of the molecule is CCc1ccccc1-c1cc(N)n(CCO)n1. The van der Waals surface area contributed by atoms with Gasteiger partial charge in [-0.1, -0.05) is 31.2 Å². The lowest BCUT2D eigenvalue weighted by Crippen LogP contribution is -2.07. The van der Waals surface area contributed by atoms with Gasteiger partial charge >= 0.3 is 0 Å². The normalized spacial score (nSPS) is 10.7. The fourth-order valence-electron chi connectivity index (χ4n) is 1.92. The third-order valence-corrected chi connectivity index (χ3v) is 2.80. The van der Waals surface area contributed by atoms with Crippen LogP contribution in [0.25, 0.3) is 11.3 Å². The van der Waals surface area contributed by atoms with Gasteiger partial charge in [0.05, 0.1) is 18.8 Å². The lowest BCUT2D eigenvalue weighted by Gasteiger charge is -2.04. The van der Waals surface area contributed by atoms with Gasteiger partial charge in [0.2, 0.25) is 0 Å². The van der Waals surface area contributed by atoms with E-state index in [0.29, 0.717) is 12.4 Å². The topological polar surface area (TPSA) is 64.1 Å². The van der Waals surface area contributed by atoms with Crippen LogP contribution in [-0.4, -0.2) is 21.5 Å². The molecule has 1 aromatic carbocycles. The summed E-state index contributed by atoms with van der Waals surface area (Å²) in [6.07, 6.45) is 0.961. The Hall–Kier alpha value is -1.81. The Morgan fingerprint density at radius 2 is 2.12 bits per heavy atom. The van der Waals surface area contributed by atoms with Crippen LogP contribution in [0.2, 0.25) is 0 Å². The first kappa shape index (κ1) is 11.7. The van der Waals surface area contributed by atoms with Crippen LogP contribution < -0.4 is 5.73 Å². The van der Waals surface area contributed by atoms with E-state index in [2.05, 4.69) is 18.1 Å². The van der Waals surface area contributed by atoms with Gasteiger partial charge in [0.15, 0.2) is 0 Å². The first-order chi connectivity index (χ1) is 8.26.